The molecule has 0 aromatic carbocycles. The summed E-state index contributed by atoms with van der Waals surface area (Å²) < 4.78 is 12.1. The quantitative estimate of drug-likeness (QED) is 0.527. The summed E-state index contributed by atoms with van der Waals surface area (Å²) in [6.45, 7) is 5.36. The summed E-state index contributed by atoms with van der Waals surface area (Å²) in [4.78, 5) is 11.7. The number of nitrogens with zero attached hydrogens (tertiary/aromatic N) is 2. The predicted molar refractivity (Wildman–Crippen MR) is 68.3 cm³/mol. The molecule has 1 aromatic rings. The van der Waals surface area contributed by atoms with E-state index in [1.54, 1.807) is 24.9 Å². The van der Waals surface area contributed by atoms with Crippen molar-refractivity contribution < 1.29 is 14.3 Å². The van der Waals surface area contributed by atoms with E-state index in [1.165, 1.54) is 6.42 Å². The number of carbonyl (C=O) groups is 1. The first-order valence-corrected chi connectivity index (χ1v) is 6.46. The van der Waals surface area contributed by atoms with E-state index in [0.717, 1.165) is 12.8 Å². The maximum absolute atomic E-state index is 11.7. The molecule has 0 amide bonds. The van der Waals surface area contributed by atoms with Crippen LogP contribution >= 0.6 is 0 Å². The first-order valence-electron chi connectivity index (χ1n) is 6.46. The Labute approximate surface area is 108 Å². The van der Waals surface area contributed by atoms with Gasteiger partial charge in [-0.1, -0.05) is 19.8 Å². The maximum atomic E-state index is 11.7. The van der Waals surface area contributed by atoms with Crippen molar-refractivity contribution in [3.8, 4) is 0 Å². The topological polar surface area (TPSA) is 53.4 Å². The molecule has 5 nitrogen and oxygen atoms in total. The number of carbonyl (C=O) groups excluding carboxylic acids is 1. The monoisotopic (exact) mass is 254 g/mol. The fourth-order valence-electron chi connectivity index (χ4n) is 1.64. The summed E-state index contributed by atoms with van der Waals surface area (Å²) in [6.07, 6.45) is 5.04. The molecule has 0 aliphatic rings. The SMILES string of the molecule is CCCCCOCc1nn(C)cc1C(=O)OCC. The molecule has 0 unspecified atom stereocenters. The summed E-state index contributed by atoms with van der Waals surface area (Å²) >= 11 is 0. The van der Waals surface area contributed by atoms with Gasteiger partial charge in [0.25, 0.3) is 0 Å². The zero-order chi connectivity index (χ0) is 13.4. The first-order chi connectivity index (χ1) is 8.69. The van der Waals surface area contributed by atoms with Crippen molar-refractivity contribution in [3.63, 3.8) is 0 Å². The minimum Gasteiger partial charge on any atom is -0.462 e. The highest BCUT2D eigenvalue weighted by Crippen LogP contribution is 2.10. The van der Waals surface area contributed by atoms with Crippen LogP contribution in [0.3, 0.4) is 0 Å². The number of rotatable bonds is 8. The minimum absolute atomic E-state index is 0.335. The molecular weight excluding hydrogens is 232 g/mol. The zero-order valence-corrected chi connectivity index (χ0v) is 11.4. The smallest absolute Gasteiger partial charge is 0.341 e. The first kappa shape index (κ1) is 14.7. The van der Waals surface area contributed by atoms with Crippen molar-refractivity contribution in [2.75, 3.05) is 13.2 Å². The summed E-state index contributed by atoms with van der Waals surface area (Å²) in [7, 11) is 1.78. The minimum atomic E-state index is -0.335. The lowest BCUT2D eigenvalue weighted by molar-refractivity contribution is 0.0518. The van der Waals surface area contributed by atoms with Crippen LogP contribution < -0.4 is 0 Å². The Bertz CT molecular complexity index is 374. The lowest BCUT2D eigenvalue weighted by atomic mass is 10.2. The summed E-state index contributed by atoms with van der Waals surface area (Å²) in [5.41, 5.74) is 1.14. The molecule has 0 aliphatic carbocycles. The highest BCUT2D eigenvalue weighted by atomic mass is 16.5. The van der Waals surface area contributed by atoms with Gasteiger partial charge in [-0.25, -0.2) is 4.79 Å². The average molecular weight is 254 g/mol. The van der Waals surface area contributed by atoms with E-state index in [-0.39, 0.29) is 5.97 Å². The predicted octanol–water partition coefficient (Wildman–Crippen LogP) is 2.30. The zero-order valence-electron chi connectivity index (χ0n) is 11.4. The van der Waals surface area contributed by atoms with Gasteiger partial charge in [0.05, 0.1) is 13.2 Å². The second-order valence-corrected chi connectivity index (χ2v) is 4.14. The van der Waals surface area contributed by atoms with E-state index in [1.807, 2.05) is 0 Å². The molecule has 0 aliphatic heterocycles. The fraction of sp³-hybridized carbons (Fsp3) is 0.692. The molecule has 1 rings (SSSR count). The van der Waals surface area contributed by atoms with Gasteiger partial charge in [0.15, 0.2) is 0 Å². The number of unbranched alkanes of at least 4 members (excludes halogenated alkanes) is 2. The van der Waals surface area contributed by atoms with Gasteiger partial charge in [0, 0.05) is 19.9 Å². The van der Waals surface area contributed by atoms with Crippen LogP contribution in [-0.2, 0) is 23.1 Å². The van der Waals surface area contributed by atoms with Crippen molar-refractivity contribution in [1.82, 2.24) is 9.78 Å². The molecule has 0 radical (unpaired) electrons. The van der Waals surface area contributed by atoms with Crippen molar-refractivity contribution in [2.24, 2.45) is 7.05 Å². The Morgan fingerprint density at radius 2 is 2.17 bits per heavy atom. The van der Waals surface area contributed by atoms with Crippen molar-refractivity contribution in [1.29, 1.82) is 0 Å². The molecule has 0 saturated heterocycles. The standard InChI is InChI=1S/C13H22N2O3/c1-4-6-7-8-17-10-12-11(9-15(3)14-12)13(16)18-5-2/h9H,4-8,10H2,1-3H3. The molecule has 102 valence electrons. The third-order valence-electron chi connectivity index (χ3n) is 2.53. The van der Waals surface area contributed by atoms with Crippen LogP contribution in [0.15, 0.2) is 6.20 Å². The van der Waals surface area contributed by atoms with Crippen LogP contribution in [0.1, 0.15) is 49.2 Å². The lowest BCUT2D eigenvalue weighted by Gasteiger charge is -2.04. The Morgan fingerprint density at radius 1 is 1.39 bits per heavy atom. The van der Waals surface area contributed by atoms with Gasteiger partial charge in [-0.3, -0.25) is 4.68 Å². The second-order valence-electron chi connectivity index (χ2n) is 4.14. The number of hydrogen-bond acceptors (Lipinski definition) is 4. The number of aromatic nitrogens is 2. The molecule has 0 N–H and O–H groups in total. The van der Waals surface area contributed by atoms with E-state index in [0.29, 0.717) is 31.1 Å². The van der Waals surface area contributed by atoms with Gasteiger partial charge in [0.1, 0.15) is 11.3 Å². The molecule has 0 fully saturated rings. The molecule has 0 atom stereocenters. The van der Waals surface area contributed by atoms with Gasteiger partial charge >= 0.3 is 5.97 Å². The Balaban J connectivity index is 2.51. The molecule has 1 heterocycles. The number of esters is 1. The Kier molecular flexibility index (Phi) is 6.43. The fourth-order valence-corrected chi connectivity index (χ4v) is 1.64. The van der Waals surface area contributed by atoms with Gasteiger partial charge < -0.3 is 9.47 Å². The lowest BCUT2D eigenvalue weighted by Crippen LogP contribution is -2.08. The number of hydrogen-bond donors (Lipinski definition) is 0. The summed E-state index contributed by atoms with van der Waals surface area (Å²) in [5, 5.41) is 4.22. The molecular formula is C13H22N2O3. The average Bonchev–Trinajstić information content (AvgIpc) is 2.71. The van der Waals surface area contributed by atoms with E-state index in [2.05, 4.69) is 12.0 Å². The Morgan fingerprint density at radius 3 is 2.83 bits per heavy atom. The van der Waals surface area contributed by atoms with E-state index < -0.39 is 0 Å². The molecule has 18 heavy (non-hydrogen) atoms. The molecule has 5 heteroatoms. The molecule has 1 aromatic heterocycles. The van der Waals surface area contributed by atoms with Gasteiger partial charge in [-0.05, 0) is 13.3 Å². The third-order valence-corrected chi connectivity index (χ3v) is 2.53. The van der Waals surface area contributed by atoms with Crippen LogP contribution in [-0.4, -0.2) is 29.0 Å². The van der Waals surface area contributed by atoms with E-state index in [4.69, 9.17) is 9.47 Å². The summed E-state index contributed by atoms with van der Waals surface area (Å²) in [6, 6.07) is 0. The highest BCUT2D eigenvalue weighted by molar-refractivity contribution is 5.90. The highest BCUT2D eigenvalue weighted by Gasteiger charge is 2.16. The maximum Gasteiger partial charge on any atom is 0.341 e. The van der Waals surface area contributed by atoms with Crippen molar-refractivity contribution in [2.45, 2.75) is 39.7 Å². The molecule has 0 bridgehead atoms. The van der Waals surface area contributed by atoms with Gasteiger partial charge in [0.2, 0.25) is 0 Å². The third kappa shape index (κ3) is 4.49. The summed E-state index contributed by atoms with van der Waals surface area (Å²) in [5.74, 6) is -0.335. The Hall–Kier alpha value is -1.36. The van der Waals surface area contributed by atoms with E-state index >= 15 is 0 Å². The molecule has 0 saturated carbocycles. The van der Waals surface area contributed by atoms with Crippen molar-refractivity contribution in [3.05, 3.63) is 17.5 Å². The molecule has 0 spiro atoms. The van der Waals surface area contributed by atoms with Gasteiger partial charge in [-0.15, -0.1) is 0 Å². The normalized spacial score (nSPS) is 10.6. The van der Waals surface area contributed by atoms with Crippen LogP contribution in [0.4, 0.5) is 0 Å². The van der Waals surface area contributed by atoms with Crippen molar-refractivity contribution >= 4 is 5.97 Å². The largest absolute Gasteiger partial charge is 0.462 e. The number of aryl methyl sites for hydroxylation is 1. The van der Waals surface area contributed by atoms with Crippen LogP contribution in [0.25, 0.3) is 0 Å². The number of ether oxygens (including phenoxy) is 2. The van der Waals surface area contributed by atoms with E-state index in [9.17, 15) is 4.79 Å². The van der Waals surface area contributed by atoms with Gasteiger partial charge in [-0.2, -0.15) is 5.10 Å². The second kappa shape index (κ2) is 7.87. The van der Waals surface area contributed by atoms with Crippen LogP contribution in [0.5, 0.6) is 0 Å². The van der Waals surface area contributed by atoms with Crippen LogP contribution in [0.2, 0.25) is 0 Å². The van der Waals surface area contributed by atoms with Crippen LogP contribution in [0, 0.1) is 0 Å².